The molecule has 3 aromatic rings. The Kier molecular flexibility index (Phi) is 8.06. The van der Waals surface area contributed by atoms with Gasteiger partial charge in [0.1, 0.15) is 29.2 Å². The van der Waals surface area contributed by atoms with Gasteiger partial charge in [0.25, 0.3) is 0 Å². The van der Waals surface area contributed by atoms with Crippen molar-refractivity contribution >= 4 is 34.1 Å². The largest absolute Gasteiger partial charge is 0.462 e. The van der Waals surface area contributed by atoms with E-state index >= 15 is 4.39 Å². The summed E-state index contributed by atoms with van der Waals surface area (Å²) in [4.78, 5) is 14.5. The second-order valence-electron chi connectivity index (χ2n) is 10.7. The van der Waals surface area contributed by atoms with Crippen molar-refractivity contribution in [3.63, 3.8) is 0 Å². The Bertz CT molecular complexity index is 1560. The number of halogens is 5. The minimum absolute atomic E-state index is 0.161. The fraction of sp³-hybridized carbons (Fsp3) is 0.481. The van der Waals surface area contributed by atoms with E-state index in [1.165, 1.54) is 20.1 Å². The number of hydrogen-bond donors (Lipinski definition) is 3. The minimum atomic E-state index is -4.89. The number of benzene rings is 1. The number of fused-ring (bicyclic) bond motifs is 3. The molecule has 42 heavy (non-hydrogen) atoms. The third-order valence-corrected chi connectivity index (χ3v) is 7.85. The van der Waals surface area contributed by atoms with E-state index in [1.807, 2.05) is 11.0 Å². The average Bonchev–Trinajstić information content (AvgIpc) is 3.27. The van der Waals surface area contributed by atoms with Crippen molar-refractivity contribution < 1.29 is 32.1 Å². The fourth-order valence-electron chi connectivity index (χ4n) is 5.60. The zero-order valence-corrected chi connectivity index (χ0v) is 23.5. The molecule has 15 heteroatoms. The van der Waals surface area contributed by atoms with E-state index < -0.39 is 47.4 Å². The third-order valence-electron chi connectivity index (χ3n) is 7.55. The van der Waals surface area contributed by atoms with Gasteiger partial charge in [-0.25, -0.2) is 9.37 Å². The zero-order valence-electron chi connectivity index (χ0n) is 22.7. The van der Waals surface area contributed by atoms with Crippen LogP contribution in [0.5, 0.6) is 6.01 Å². The summed E-state index contributed by atoms with van der Waals surface area (Å²) >= 11 is 6.50. The van der Waals surface area contributed by atoms with E-state index in [1.54, 1.807) is 0 Å². The Morgan fingerprint density at radius 2 is 1.88 bits per heavy atom. The Hall–Kier alpha value is -3.51. The standard InChI is InChI=1S/C27H28ClF4N7O3/c1-13-5-18(34)36-23(20(13)27(30,31)32)19-17(28)6-16-22(21(19)29)37-25(42-12-26(9-33,10-40)11-41-2)38-24(16)39-7-14-3-4-15(8-39)35-14/h5-6,14-15,35,40H,3-4,7-8,10-12H2,1-2H3,(H2,34,36). The number of aromatic nitrogens is 3. The molecule has 10 nitrogen and oxygen atoms in total. The smallest absolute Gasteiger partial charge is 0.418 e. The number of aliphatic hydroxyl groups excluding tert-OH is 1. The van der Waals surface area contributed by atoms with Gasteiger partial charge in [-0.15, -0.1) is 0 Å². The number of anilines is 2. The second kappa shape index (κ2) is 11.3. The number of hydrogen-bond acceptors (Lipinski definition) is 10. The summed E-state index contributed by atoms with van der Waals surface area (Å²) in [6.07, 6.45) is -3.01. The molecule has 5 rings (SSSR count). The van der Waals surface area contributed by atoms with E-state index in [4.69, 9.17) is 26.8 Å². The first-order valence-electron chi connectivity index (χ1n) is 13.1. The molecule has 0 amide bonds. The van der Waals surface area contributed by atoms with Gasteiger partial charge >= 0.3 is 12.2 Å². The quantitative estimate of drug-likeness (QED) is 0.322. The van der Waals surface area contributed by atoms with E-state index in [9.17, 15) is 23.5 Å². The summed E-state index contributed by atoms with van der Waals surface area (Å²) in [6, 6.07) is 4.31. The van der Waals surface area contributed by atoms with Crippen LogP contribution in [0.4, 0.5) is 29.2 Å². The number of methoxy groups -OCH3 is 1. The summed E-state index contributed by atoms with van der Waals surface area (Å²) in [7, 11) is 1.35. The summed E-state index contributed by atoms with van der Waals surface area (Å²) in [6.45, 7) is 1.08. The van der Waals surface area contributed by atoms with Crippen molar-refractivity contribution in [3.8, 4) is 23.3 Å². The highest BCUT2D eigenvalue weighted by Crippen LogP contribution is 2.45. The minimum Gasteiger partial charge on any atom is -0.462 e. The van der Waals surface area contributed by atoms with Crippen molar-refractivity contribution in [2.45, 2.75) is 38.0 Å². The first kappa shape index (κ1) is 30.0. The van der Waals surface area contributed by atoms with Crippen LogP contribution >= 0.6 is 11.6 Å². The Morgan fingerprint density at radius 1 is 1.19 bits per heavy atom. The second-order valence-corrected chi connectivity index (χ2v) is 11.1. The number of piperazine rings is 1. The van der Waals surface area contributed by atoms with Crippen LogP contribution in [0.3, 0.4) is 0 Å². The molecule has 2 aliphatic rings. The average molecular weight is 610 g/mol. The maximum Gasteiger partial charge on any atom is 0.418 e. The molecule has 2 aromatic heterocycles. The molecule has 0 saturated carbocycles. The highest BCUT2D eigenvalue weighted by molar-refractivity contribution is 6.34. The van der Waals surface area contributed by atoms with Gasteiger partial charge in [-0.05, 0) is 37.5 Å². The third kappa shape index (κ3) is 5.49. The predicted molar refractivity (Wildman–Crippen MR) is 147 cm³/mol. The zero-order chi connectivity index (χ0) is 30.4. The number of aliphatic hydroxyl groups is 1. The number of nitriles is 1. The molecule has 2 fully saturated rings. The molecule has 4 heterocycles. The molecule has 1 aromatic carbocycles. The Labute approximate surface area is 243 Å². The lowest BCUT2D eigenvalue weighted by Crippen LogP contribution is -2.51. The van der Waals surface area contributed by atoms with Crippen molar-refractivity contribution in [3.05, 3.63) is 34.1 Å². The SMILES string of the molecule is COCC(C#N)(CO)COc1nc(N2CC3CCC(C2)N3)c2cc(Cl)c(-c3nc(N)cc(C)c3C(F)(F)F)c(F)c2n1. The molecule has 2 saturated heterocycles. The molecule has 0 radical (unpaired) electrons. The molecule has 2 aliphatic heterocycles. The van der Waals surface area contributed by atoms with E-state index in [2.05, 4.69) is 20.3 Å². The number of nitrogens with two attached hydrogens (primary N) is 1. The van der Waals surface area contributed by atoms with Crippen molar-refractivity contribution in [1.29, 1.82) is 5.26 Å². The molecular formula is C27H28ClF4N7O3. The lowest BCUT2D eigenvalue weighted by atomic mass is 9.93. The molecule has 3 atom stereocenters. The van der Waals surface area contributed by atoms with Crippen LogP contribution in [0.15, 0.2) is 12.1 Å². The van der Waals surface area contributed by atoms with Crippen LogP contribution in [-0.4, -0.2) is 72.2 Å². The highest BCUT2D eigenvalue weighted by atomic mass is 35.5. The fourth-order valence-corrected chi connectivity index (χ4v) is 5.88. The highest BCUT2D eigenvalue weighted by Gasteiger charge is 2.39. The van der Waals surface area contributed by atoms with Crippen molar-refractivity contribution in [2.75, 3.05) is 50.7 Å². The molecule has 224 valence electrons. The maximum absolute atomic E-state index is 16.4. The summed E-state index contributed by atoms with van der Waals surface area (Å²) in [5, 5.41) is 22.8. The van der Waals surface area contributed by atoms with Gasteiger partial charge in [-0.2, -0.15) is 28.4 Å². The van der Waals surface area contributed by atoms with Crippen LogP contribution < -0.4 is 20.7 Å². The van der Waals surface area contributed by atoms with E-state index in [0.717, 1.165) is 18.9 Å². The first-order valence-corrected chi connectivity index (χ1v) is 13.5. The van der Waals surface area contributed by atoms with Gasteiger partial charge in [0, 0.05) is 37.7 Å². The number of nitrogens with zero attached hydrogens (tertiary/aromatic N) is 5. The number of nitrogen functional groups attached to an aromatic ring is 1. The van der Waals surface area contributed by atoms with E-state index in [-0.39, 0.29) is 57.8 Å². The van der Waals surface area contributed by atoms with Gasteiger partial charge in [0.15, 0.2) is 5.82 Å². The Balaban J connectivity index is 1.71. The number of pyridine rings is 1. The van der Waals surface area contributed by atoms with Gasteiger partial charge in [-0.1, -0.05) is 11.6 Å². The number of nitrogens with one attached hydrogen (secondary N) is 1. The maximum atomic E-state index is 16.4. The molecular weight excluding hydrogens is 582 g/mol. The van der Waals surface area contributed by atoms with Crippen LogP contribution in [-0.2, 0) is 10.9 Å². The first-order chi connectivity index (χ1) is 19.9. The molecule has 0 spiro atoms. The van der Waals surface area contributed by atoms with Crippen LogP contribution in [0.2, 0.25) is 5.02 Å². The number of alkyl halides is 3. The number of ether oxygens (including phenoxy) is 2. The van der Waals surface area contributed by atoms with Gasteiger partial charge in [0.05, 0.1) is 41.1 Å². The lowest BCUT2D eigenvalue weighted by molar-refractivity contribution is -0.137. The summed E-state index contributed by atoms with van der Waals surface area (Å²) in [5.74, 6) is -1.14. The van der Waals surface area contributed by atoms with Crippen molar-refractivity contribution in [1.82, 2.24) is 20.3 Å². The number of aryl methyl sites for hydroxylation is 1. The van der Waals surface area contributed by atoms with Gasteiger partial charge < -0.3 is 30.5 Å². The monoisotopic (exact) mass is 609 g/mol. The molecule has 4 N–H and O–H groups in total. The Morgan fingerprint density at radius 3 is 2.48 bits per heavy atom. The normalized spacial score (nSPS) is 20.0. The van der Waals surface area contributed by atoms with Crippen molar-refractivity contribution in [2.24, 2.45) is 5.41 Å². The van der Waals surface area contributed by atoms with Crippen LogP contribution in [0.1, 0.15) is 24.0 Å². The predicted octanol–water partition coefficient (Wildman–Crippen LogP) is 3.86. The molecule has 3 unspecified atom stereocenters. The topological polar surface area (TPSA) is 142 Å². The summed E-state index contributed by atoms with van der Waals surface area (Å²) in [5.41, 5.74) is 1.14. The molecule has 2 bridgehead atoms. The lowest BCUT2D eigenvalue weighted by Gasteiger charge is -2.34. The van der Waals surface area contributed by atoms with Crippen LogP contribution in [0, 0.1) is 29.5 Å². The van der Waals surface area contributed by atoms with Crippen LogP contribution in [0.25, 0.3) is 22.2 Å². The van der Waals surface area contributed by atoms with Gasteiger partial charge in [-0.3, -0.25) is 0 Å². The van der Waals surface area contributed by atoms with Gasteiger partial charge in [0.2, 0.25) is 0 Å². The van der Waals surface area contributed by atoms with E-state index in [0.29, 0.717) is 13.1 Å². The molecule has 0 aliphatic carbocycles. The number of rotatable bonds is 8. The summed E-state index contributed by atoms with van der Waals surface area (Å²) < 4.78 is 69.6.